The van der Waals surface area contributed by atoms with E-state index in [2.05, 4.69) is 45.0 Å². The first-order valence-electron chi connectivity index (χ1n) is 7.40. The van der Waals surface area contributed by atoms with Gasteiger partial charge in [0.25, 0.3) is 0 Å². The summed E-state index contributed by atoms with van der Waals surface area (Å²) >= 11 is 0. The highest BCUT2D eigenvalue weighted by Crippen LogP contribution is 2.67. The Morgan fingerprint density at radius 1 is 1.05 bits per heavy atom. The third-order valence-electron chi connectivity index (χ3n) is 6.02. The second kappa shape index (κ2) is 3.62. The molecular weight excluding hydrogens is 236 g/mol. The van der Waals surface area contributed by atoms with Crippen molar-refractivity contribution in [1.82, 2.24) is 0 Å². The standard InChI is InChI=1S/C17H22O2/c1-16(2)12-9-13(16)17(3)14(10-12)18-15(19-17)11-7-5-4-6-8-11/h4-8,12-15H,9-10H2,1-3H3/t12-,13-,14+,15+,17-/m1/s1. The molecule has 0 aromatic heterocycles. The Labute approximate surface area is 115 Å². The average Bonchev–Trinajstić information content (AvgIpc) is 2.76. The van der Waals surface area contributed by atoms with Gasteiger partial charge in [0.1, 0.15) is 0 Å². The molecule has 1 aromatic carbocycles. The summed E-state index contributed by atoms with van der Waals surface area (Å²) in [7, 11) is 0. The van der Waals surface area contributed by atoms with Crippen LogP contribution >= 0.6 is 0 Å². The van der Waals surface area contributed by atoms with E-state index in [4.69, 9.17) is 9.47 Å². The predicted octanol–water partition coefficient (Wildman–Crippen LogP) is 3.93. The van der Waals surface area contributed by atoms with Crippen LogP contribution in [0.2, 0.25) is 0 Å². The smallest absolute Gasteiger partial charge is 0.185 e. The van der Waals surface area contributed by atoms with Crippen LogP contribution in [0.3, 0.4) is 0 Å². The van der Waals surface area contributed by atoms with Crippen LogP contribution in [-0.2, 0) is 9.47 Å². The first-order chi connectivity index (χ1) is 9.02. The zero-order chi connectivity index (χ0) is 13.3. The summed E-state index contributed by atoms with van der Waals surface area (Å²) in [6, 6.07) is 10.3. The second-order valence-corrected chi connectivity index (χ2v) is 7.21. The van der Waals surface area contributed by atoms with Gasteiger partial charge in [0.2, 0.25) is 0 Å². The Kier molecular flexibility index (Phi) is 2.27. The Morgan fingerprint density at radius 3 is 2.47 bits per heavy atom. The van der Waals surface area contributed by atoms with Gasteiger partial charge in [-0.3, -0.25) is 0 Å². The molecule has 3 aliphatic carbocycles. The van der Waals surface area contributed by atoms with Crippen molar-refractivity contribution >= 4 is 0 Å². The number of hydrogen-bond donors (Lipinski definition) is 0. The molecule has 4 aliphatic rings. The first-order valence-corrected chi connectivity index (χ1v) is 7.40. The van der Waals surface area contributed by atoms with E-state index in [-0.39, 0.29) is 18.0 Å². The van der Waals surface area contributed by atoms with Gasteiger partial charge in [0.05, 0.1) is 11.7 Å². The minimum Gasteiger partial charge on any atom is -0.342 e. The molecule has 1 aliphatic heterocycles. The van der Waals surface area contributed by atoms with Crippen LogP contribution in [-0.4, -0.2) is 11.7 Å². The van der Waals surface area contributed by atoms with Gasteiger partial charge >= 0.3 is 0 Å². The lowest BCUT2D eigenvalue weighted by Gasteiger charge is -2.63. The molecule has 0 N–H and O–H groups in total. The number of ether oxygens (including phenoxy) is 2. The highest BCUT2D eigenvalue weighted by molar-refractivity contribution is 5.21. The zero-order valence-corrected chi connectivity index (χ0v) is 11.9. The van der Waals surface area contributed by atoms with Crippen LogP contribution in [0.15, 0.2) is 30.3 Å². The van der Waals surface area contributed by atoms with Crippen LogP contribution in [0.5, 0.6) is 0 Å². The Bertz CT molecular complexity index is 495. The largest absolute Gasteiger partial charge is 0.342 e. The summed E-state index contributed by atoms with van der Waals surface area (Å²) in [5, 5.41) is 0. The second-order valence-electron chi connectivity index (χ2n) is 7.21. The fourth-order valence-electron chi connectivity index (χ4n) is 4.62. The number of benzene rings is 1. The molecule has 4 fully saturated rings. The van der Waals surface area contributed by atoms with Crippen LogP contribution in [0.1, 0.15) is 45.5 Å². The predicted molar refractivity (Wildman–Crippen MR) is 73.5 cm³/mol. The molecule has 1 saturated heterocycles. The Balaban J connectivity index is 1.64. The van der Waals surface area contributed by atoms with Crippen molar-refractivity contribution in [1.29, 1.82) is 0 Å². The molecule has 2 bridgehead atoms. The molecule has 1 aromatic rings. The minimum atomic E-state index is -0.175. The summed E-state index contributed by atoms with van der Waals surface area (Å²) < 4.78 is 12.6. The van der Waals surface area contributed by atoms with E-state index >= 15 is 0 Å². The maximum atomic E-state index is 6.40. The fourth-order valence-corrected chi connectivity index (χ4v) is 4.62. The summed E-state index contributed by atoms with van der Waals surface area (Å²) in [4.78, 5) is 0. The van der Waals surface area contributed by atoms with Crippen molar-refractivity contribution < 1.29 is 9.47 Å². The summed E-state index contributed by atoms with van der Waals surface area (Å²) in [6.07, 6.45) is 2.56. The average molecular weight is 258 g/mol. The van der Waals surface area contributed by atoms with Gasteiger partial charge in [0.15, 0.2) is 6.29 Å². The Hall–Kier alpha value is -0.860. The highest BCUT2D eigenvalue weighted by atomic mass is 16.7. The minimum absolute atomic E-state index is 0.0985. The summed E-state index contributed by atoms with van der Waals surface area (Å²) in [5.74, 6) is 1.45. The first kappa shape index (κ1) is 11.9. The molecule has 5 rings (SSSR count). The van der Waals surface area contributed by atoms with Crippen LogP contribution < -0.4 is 0 Å². The van der Waals surface area contributed by atoms with Crippen molar-refractivity contribution in [2.45, 2.75) is 51.6 Å². The van der Waals surface area contributed by atoms with Gasteiger partial charge in [-0.25, -0.2) is 0 Å². The molecule has 19 heavy (non-hydrogen) atoms. The van der Waals surface area contributed by atoms with Crippen molar-refractivity contribution in [2.24, 2.45) is 17.3 Å². The van der Waals surface area contributed by atoms with Gasteiger partial charge in [0, 0.05) is 5.56 Å². The lowest BCUT2D eigenvalue weighted by atomic mass is 9.43. The molecule has 0 spiro atoms. The molecule has 1 heterocycles. The summed E-state index contributed by atoms with van der Waals surface area (Å²) in [5.41, 5.74) is 1.46. The maximum Gasteiger partial charge on any atom is 0.185 e. The van der Waals surface area contributed by atoms with Crippen LogP contribution in [0, 0.1) is 17.3 Å². The lowest BCUT2D eigenvalue weighted by Crippen LogP contribution is -2.65. The molecular formula is C17H22O2. The van der Waals surface area contributed by atoms with E-state index in [0.29, 0.717) is 11.3 Å². The molecule has 0 amide bonds. The number of rotatable bonds is 1. The van der Waals surface area contributed by atoms with E-state index in [1.165, 1.54) is 6.42 Å². The van der Waals surface area contributed by atoms with Gasteiger partial charge in [-0.05, 0) is 37.0 Å². The summed E-state index contributed by atoms with van der Waals surface area (Å²) in [6.45, 7) is 7.06. The topological polar surface area (TPSA) is 18.5 Å². The molecule has 2 nitrogen and oxygen atoms in total. The van der Waals surface area contributed by atoms with Gasteiger partial charge in [-0.2, -0.15) is 0 Å². The van der Waals surface area contributed by atoms with E-state index in [1.54, 1.807) is 0 Å². The molecule has 3 saturated carbocycles. The quantitative estimate of drug-likeness (QED) is 0.760. The third kappa shape index (κ3) is 1.45. The highest BCUT2D eigenvalue weighted by Gasteiger charge is 2.67. The molecule has 2 heteroatoms. The van der Waals surface area contributed by atoms with E-state index < -0.39 is 0 Å². The monoisotopic (exact) mass is 258 g/mol. The van der Waals surface area contributed by atoms with Crippen LogP contribution in [0.25, 0.3) is 0 Å². The van der Waals surface area contributed by atoms with Crippen molar-refractivity contribution in [2.75, 3.05) is 0 Å². The van der Waals surface area contributed by atoms with E-state index in [1.807, 2.05) is 6.07 Å². The van der Waals surface area contributed by atoms with Gasteiger partial charge in [-0.15, -0.1) is 0 Å². The van der Waals surface area contributed by atoms with E-state index in [9.17, 15) is 0 Å². The van der Waals surface area contributed by atoms with Crippen molar-refractivity contribution in [3.63, 3.8) is 0 Å². The van der Waals surface area contributed by atoms with Crippen LogP contribution in [0.4, 0.5) is 0 Å². The Morgan fingerprint density at radius 2 is 1.79 bits per heavy atom. The normalized spacial score (nSPS) is 46.5. The maximum absolute atomic E-state index is 6.40. The lowest BCUT2D eigenvalue weighted by molar-refractivity contribution is -0.209. The van der Waals surface area contributed by atoms with Gasteiger partial charge < -0.3 is 9.47 Å². The molecule has 0 unspecified atom stereocenters. The molecule has 102 valence electrons. The fraction of sp³-hybridized carbons (Fsp3) is 0.647. The van der Waals surface area contributed by atoms with Crippen molar-refractivity contribution in [3.05, 3.63) is 35.9 Å². The van der Waals surface area contributed by atoms with E-state index in [0.717, 1.165) is 17.9 Å². The van der Waals surface area contributed by atoms with Gasteiger partial charge in [-0.1, -0.05) is 44.2 Å². The molecule has 0 radical (unpaired) electrons. The van der Waals surface area contributed by atoms with Crippen molar-refractivity contribution in [3.8, 4) is 0 Å². The zero-order valence-electron chi connectivity index (χ0n) is 11.9. The number of hydrogen-bond acceptors (Lipinski definition) is 2. The molecule has 5 atom stereocenters. The SMILES string of the molecule is CC1(C)[C@H]2C[C@@H]3O[C@H](c4ccccc4)O[C@]3(C)[C@@H]1C2. The third-order valence-corrected chi connectivity index (χ3v) is 6.02.